The molecule has 0 radical (unpaired) electrons. The van der Waals surface area contributed by atoms with E-state index in [0.717, 1.165) is 25.7 Å². The molecule has 0 aliphatic carbocycles. The van der Waals surface area contributed by atoms with E-state index < -0.39 is 11.9 Å². The second kappa shape index (κ2) is 45.1. The van der Waals surface area contributed by atoms with Crippen LogP contribution in [0.3, 0.4) is 0 Å². The normalized spacial score (nSPS) is 10.4. The summed E-state index contributed by atoms with van der Waals surface area (Å²) in [7, 11) is 0. The van der Waals surface area contributed by atoms with Gasteiger partial charge in [0.1, 0.15) is 0 Å². The van der Waals surface area contributed by atoms with E-state index in [1.807, 2.05) is 6.92 Å². The van der Waals surface area contributed by atoms with Crippen LogP contribution in [-0.2, 0) is 9.59 Å². The van der Waals surface area contributed by atoms with Gasteiger partial charge in [-0.2, -0.15) is 0 Å². The van der Waals surface area contributed by atoms with Crippen molar-refractivity contribution in [3.63, 3.8) is 0 Å². The predicted octanol–water partition coefficient (Wildman–Crippen LogP) is 13.9. The summed E-state index contributed by atoms with van der Waals surface area (Å²) >= 11 is 0. The van der Waals surface area contributed by atoms with Crippen molar-refractivity contribution in [2.24, 2.45) is 0 Å². The summed E-state index contributed by atoms with van der Waals surface area (Å²) in [4.78, 5) is 20.7. The molecule has 4 heteroatoms. The molecule has 0 aromatic carbocycles. The summed E-state index contributed by atoms with van der Waals surface area (Å²) in [5.41, 5.74) is 0. The Morgan fingerprint density at radius 1 is 0.395 bits per heavy atom. The minimum absolute atomic E-state index is 0.345. The number of unbranched alkanes of at least 4 members (excludes halogenated alkanes) is 28. The minimum Gasteiger partial charge on any atom is -0.481 e. The third-order valence-electron chi connectivity index (χ3n) is 7.99. The molecule has 258 valence electrons. The Morgan fingerprint density at radius 2 is 0.535 bits per heavy atom. The number of allylic oxidation sites excluding steroid dienone is 1. The van der Waals surface area contributed by atoms with Crippen LogP contribution in [0.5, 0.6) is 0 Å². The summed E-state index contributed by atoms with van der Waals surface area (Å²) in [5.74, 6) is -1.31. The maximum absolute atomic E-state index is 10.3. The van der Waals surface area contributed by atoms with Crippen LogP contribution < -0.4 is 0 Å². The van der Waals surface area contributed by atoms with Gasteiger partial charge in [-0.05, 0) is 19.8 Å². The van der Waals surface area contributed by atoms with Crippen LogP contribution in [0.25, 0.3) is 0 Å². The maximum Gasteiger partial charge on any atom is 0.303 e. The van der Waals surface area contributed by atoms with Gasteiger partial charge in [0.15, 0.2) is 0 Å². The van der Waals surface area contributed by atoms with Gasteiger partial charge in [-0.1, -0.05) is 200 Å². The fourth-order valence-electron chi connectivity index (χ4n) is 5.30. The average Bonchev–Trinajstić information content (AvgIpc) is 2.97. The van der Waals surface area contributed by atoms with Crippen molar-refractivity contribution in [2.75, 3.05) is 0 Å². The number of hydrogen-bond acceptors (Lipinski definition) is 2. The monoisotopic (exact) mass is 611 g/mol. The predicted molar refractivity (Wildman–Crippen MR) is 190 cm³/mol. The van der Waals surface area contributed by atoms with Crippen molar-refractivity contribution in [3.8, 4) is 0 Å². The molecular formula is C39H78O4. The van der Waals surface area contributed by atoms with Crippen LogP contribution in [0.15, 0.2) is 12.7 Å². The third-order valence-corrected chi connectivity index (χ3v) is 7.99. The number of carboxylic acid groups (broad SMARTS) is 2. The molecule has 0 fully saturated rings. The largest absolute Gasteiger partial charge is 0.481 e. The minimum atomic E-state index is -0.653. The molecule has 2 N–H and O–H groups in total. The van der Waals surface area contributed by atoms with E-state index in [0.29, 0.717) is 12.8 Å². The van der Waals surface area contributed by atoms with Crippen LogP contribution in [-0.4, -0.2) is 22.2 Å². The van der Waals surface area contributed by atoms with Crippen LogP contribution in [0.2, 0.25) is 0 Å². The van der Waals surface area contributed by atoms with Crippen molar-refractivity contribution in [3.05, 3.63) is 12.7 Å². The molecule has 0 saturated carbocycles. The van der Waals surface area contributed by atoms with E-state index in [-0.39, 0.29) is 0 Å². The van der Waals surface area contributed by atoms with Crippen molar-refractivity contribution in [2.45, 2.75) is 226 Å². The molecule has 0 aromatic rings. The van der Waals surface area contributed by atoms with Crippen molar-refractivity contribution in [1.82, 2.24) is 0 Å². The number of carbonyl (C=O) groups is 2. The molecule has 43 heavy (non-hydrogen) atoms. The van der Waals surface area contributed by atoms with Crippen molar-refractivity contribution < 1.29 is 19.8 Å². The lowest BCUT2D eigenvalue weighted by atomic mass is 10.0. The smallest absolute Gasteiger partial charge is 0.303 e. The molecule has 0 bridgehead atoms. The zero-order chi connectivity index (χ0) is 32.5. The first-order valence-electron chi connectivity index (χ1n) is 19.0. The highest BCUT2D eigenvalue weighted by molar-refractivity contribution is 5.66. The van der Waals surface area contributed by atoms with E-state index in [9.17, 15) is 9.59 Å². The molecule has 0 aromatic heterocycles. The maximum atomic E-state index is 10.3. The zero-order valence-electron chi connectivity index (χ0n) is 29.6. The molecule has 0 aliphatic rings. The lowest BCUT2D eigenvalue weighted by Crippen LogP contribution is -1.93. The Labute approximate surface area is 270 Å². The van der Waals surface area contributed by atoms with Gasteiger partial charge >= 0.3 is 11.9 Å². The summed E-state index contributed by atoms with van der Waals surface area (Å²) in [6.07, 6.45) is 42.1. The molecule has 4 nitrogen and oxygen atoms in total. The van der Waals surface area contributed by atoms with Crippen LogP contribution in [0, 0.1) is 0 Å². The van der Waals surface area contributed by atoms with E-state index in [4.69, 9.17) is 10.2 Å². The highest BCUT2D eigenvalue weighted by atomic mass is 16.4. The first-order valence-corrected chi connectivity index (χ1v) is 19.0. The summed E-state index contributed by atoms with van der Waals surface area (Å²) < 4.78 is 0. The van der Waals surface area contributed by atoms with Gasteiger partial charge in [0, 0.05) is 12.8 Å². The topological polar surface area (TPSA) is 74.6 Å². The van der Waals surface area contributed by atoms with Crippen LogP contribution >= 0.6 is 0 Å². The van der Waals surface area contributed by atoms with Gasteiger partial charge in [0.05, 0.1) is 0 Å². The van der Waals surface area contributed by atoms with Crippen LogP contribution in [0.4, 0.5) is 0 Å². The molecule has 0 saturated heterocycles. The fourth-order valence-corrected chi connectivity index (χ4v) is 5.30. The zero-order valence-corrected chi connectivity index (χ0v) is 29.6. The Bertz CT molecular complexity index is 487. The Kier molecular flexibility index (Phi) is 48.4. The number of aliphatic carboxylic acids is 2. The van der Waals surface area contributed by atoms with E-state index in [2.05, 4.69) is 20.4 Å². The van der Waals surface area contributed by atoms with Crippen molar-refractivity contribution >= 4 is 11.9 Å². The number of rotatable bonds is 32. The fraction of sp³-hybridized carbons (Fsp3) is 0.897. The lowest BCUT2D eigenvalue weighted by Gasteiger charge is -2.03. The van der Waals surface area contributed by atoms with Gasteiger partial charge in [-0.3, -0.25) is 9.59 Å². The lowest BCUT2D eigenvalue weighted by molar-refractivity contribution is -0.138. The Morgan fingerprint density at radius 3 is 0.674 bits per heavy atom. The Balaban J connectivity index is -0.000000681. The van der Waals surface area contributed by atoms with Gasteiger partial charge in [0.25, 0.3) is 0 Å². The molecular weight excluding hydrogens is 532 g/mol. The van der Waals surface area contributed by atoms with E-state index in [1.165, 1.54) is 167 Å². The van der Waals surface area contributed by atoms with Crippen LogP contribution in [0.1, 0.15) is 226 Å². The SMILES string of the molecule is C=CC.CCCCCCCCCCCCCCCCCC(=O)O.CCCCCCCCCCCCCCCCCC(=O)O. The molecule has 0 heterocycles. The van der Waals surface area contributed by atoms with Gasteiger partial charge in [-0.25, -0.2) is 0 Å². The van der Waals surface area contributed by atoms with Gasteiger partial charge < -0.3 is 10.2 Å². The molecule has 0 amide bonds. The number of carboxylic acids is 2. The van der Waals surface area contributed by atoms with E-state index in [1.54, 1.807) is 6.08 Å². The molecule has 0 rings (SSSR count). The first-order chi connectivity index (χ1) is 21.0. The summed E-state index contributed by atoms with van der Waals surface area (Å²) in [6.45, 7) is 9.79. The number of hydrogen-bond donors (Lipinski definition) is 2. The van der Waals surface area contributed by atoms with E-state index >= 15 is 0 Å². The summed E-state index contributed by atoms with van der Waals surface area (Å²) in [5, 5.41) is 17.0. The molecule has 0 spiro atoms. The summed E-state index contributed by atoms with van der Waals surface area (Å²) in [6, 6.07) is 0. The average molecular weight is 611 g/mol. The first kappa shape index (κ1) is 46.1. The second-order valence-corrected chi connectivity index (χ2v) is 12.6. The highest BCUT2D eigenvalue weighted by Gasteiger charge is 1.98. The quantitative estimate of drug-likeness (QED) is 0.0587. The molecule has 0 unspecified atom stereocenters. The highest BCUT2D eigenvalue weighted by Crippen LogP contribution is 2.15. The second-order valence-electron chi connectivity index (χ2n) is 12.6. The van der Waals surface area contributed by atoms with Gasteiger partial charge in [0.2, 0.25) is 0 Å². The third kappa shape index (κ3) is 57.0. The molecule has 0 atom stereocenters. The Hall–Kier alpha value is -1.32. The standard InChI is InChI=1S/2C18H36O2.C3H6/c2*1-2-3-4-5-6-7-8-9-10-11-12-13-14-15-16-17-18(19)20;1-3-2/h2*2-17H2,1H3,(H,19,20);3H,1H2,2H3. The molecule has 0 aliphatic heterocycles. The van der Waals surface area contributed by atoms with Crippen molar-refractivity contribution in [1.29, 1.82) is 0 Å². The van der Waals surface area contributed by atoms with Gasteiger partial charge in [-0.15, -0.1) is 6.58 Å².